The lowest BCUT2D eigenvalue weighted by Crippen LogP contribution is -2.35. The van der Waals surface area contributed by atoms with Crippen LogP contribution in [0.1, 0.15) is 36.2 Å². The zero-order valence-electron chi connectivity index (χ0n) is 10.6. The van der Waals surface area contributed by atoms with Crippen molar-refractivity contribution in [2.45, 2.75) is 25.7 Å². The van der Waals surface area contributed by atoms with Crippen LogP contribution >= 0.6 is 0 Å². The molecule has 0 bridgehead atoms. The number of hydrogen-bond acceptors (Lipinski definition) is 3. The van der Waals surface area contributed by atoms with Crippen LogP contribution < -0.4 is 5.32 Å². The maximum Gasteiger partial charge on any atom is 0.354 e. The number of anilines is 1. The maximum absolute atomic E-state index is 12.0. The second-order valence-electron chi connectivity index (χ2n) is 4.57. The standard InChI is InChI=1S/C13H17N3O3/c17-12(18)11-9-10(5-6-14-11)15-13(19)16-7-3-1-2-4-8-16/h5-6,9H,1-4,7-8H2,(H,17,18)(H,14,15,19). The second kappa shape index (κ2) is 6.17. The van der Waals surface area contributed by atoms with Gasteiger partial charge in [-0.15, -0.1) is 0 Å². The van der Waals surface area contributed by atoms with E-state index in [9.17, 15) is 9.59 Å². The third kappa shape index (κ3) is 3.67. The third-order valence-corrected chi connectivity index (χ3v) is 3.12. The molecule has 6 nitrogen and oxygen atoms in total. The number of urea groups is 1. The molecule has 2 rings (SSSR count). The van der Waals surface area contributed by atoms with E-state index in [1.165, 1.54) is 12.3 Å². The molecule has 0 unspecified atom stereocenters. The van der Waals surface area contributed by atoms with E-state index in [-0.39, 0.29) is 11.7 Å². The first-order valence-corrected chi connectivity index (χ1v) is 6.42. The van der Waals surface area contributed by atoms with E-state index in [0.29, 0.717) is 5.69 Å². The quantitative estimate of drug-likeness (QED) is 0.856. The highest BCUT2D eigenvalue weighted by molar-refractivity contribution is 5.92. The van der Waals surface area contributed by atoms with Crippen molar-refractivity contribution in [3.63, 3.8) is 0 Å². The molecule has 6 heteroatoms. The van der Waals surface area contributed by atoms with Crippen molar-refractivity contribution in [2.75, 3.05) is 18.4 Å². The summed E-state index contributed by atoms with van der Waals surface area (Å²) in [6.07, 6.45) is 5.72. The normalized spacial score (nSPS) is 15.7. The highest BCUT2D eigenvalue weighted by Crippen LogP contribution is 2.13. The Bertz CT molecular complexity index is 468. The third-order valence-electron chi connectivity index (χ3n) is 3.12. The number of rotatable bonds is 2. The van der Waals surface area contributed by atoms with Crippen LogP contribution in [0.15, 0.2) is 18.3 Å². The molecule has 2 amide bonds. The number of carbonyl (C=O) groups is 2. The van der Waals surface area contributed by atoms with Crippen LogP contribution in [-0.4, -0.2) is 40.1 Å². The van der Waals surface area contributed by atoms with Gasteiger partial charge in [-0.2, -0.15) is 0 Å². The molecule has 1 aromatic heterocycles. The topological polar surface area (TPSA) is 82.5 Å². The number of carboxylic acids is 1. The smallest absolute Gasteiger partial charge is 0.354 e. The Hall–Kier alpha value is -2.11. The summed E-state index contributed by atoms with van der Waals surface area (Å²) in [6, 6.07) is 2.77. The van der Waals surface area contributed by atoms with Gasteiger partial charge in [0.1, 0.15) is 5.69 Å². The summed E-state index contributed by atoms with van der Waals surface area (Å²) in [5, 5.41) is 11.6. The lowest BCUT2D eigenvalue weighted by Gasteiger charge is -2.20. The van der Waals surface area contributed by atoms with Gasteiger partial charge in [0.15, 0.2) is 0 Å². The number of hydrogen-bond donors (Lipinski definition) is 2. The molecule has 0 radical (unpaired) electrons. The number of aromatic carboxylic acids is 1. The van der Waals surface area contributed by atoms with Gasteiger partial charge in [0.25, 0.3) is 0 Å². The summed E-state index contributed by atoms with van der Waals surface area (Å²) >= 11 is 0. The first kappa shape index (κ1) is 13.3. The minimum atomic E-state index is -1.11. The van der Waals surface area contributed by atoms with E-state index in [4.69, 9.17) is 5.11 Å². The fraction of sp³-hybridized carbons (Fsp3) is 0.462. The van der Waals surface area contributed by atoms with Gasteiger partial charge in [0.2, 0.25) is 0 Å². The molecule has 2 heterocycles. The van der Waals surface area contributed by atoms with Gasteiger partial charge in [-0.05, 0) is 25.0 Å². The Morgan fingerprint density at radius 2 is 1.89 bits per heavy atom. The molecule has 1 saturated heterocycles. The molecular weight excluding hydrogens is 246 g/mol. The van der Waals surface area contributed by atoms with Crippen LogP contribution in [0.5, 0.6) is 0 Å². The van der Waals surface area contributed by atoms with Gasteiger partial charge in [0, 0.05) is 25.0 Å². The Kier molecular flexibility index (Phi) is 4.33. The van der Waals surface area contributed by atoms with Gasteiger partial charge in [0.05, 0.1) is 0 Å². The van der Waals surface area contributed by atoms with E-state index >= 15 is 0 Å². The van der Waals surface area contributed by atoms with E-state index in [1.54, 1.807) is 11.0 Å². The second-order valence-corrected chi connectivity index (χ2v) is 4.57. The predicted octanol–water partition coefficient (Wildman–Crippen LogP) is 2.19. The van der Waals surface area contributed by atoms with Crippen molar-refractivity contribution in [1.29, 1.82) is 0 Å². The number of amides is 2. The van der Waals surface area contributed by atoms with Crippen molar-refractivity contribution in [3.05, 3.63) is 24.0 Å². The summed E-state index contributed by atoms with van der Waals surface area (Å²) in [6.45, 7) is 1.51. The summed E-state index contributed by atoms with van der Waals surface area (Å²) in [5.41, 5.74) is 0.385. The van der Waals surface area contributed by atoms with Crippen LogP contribution in [0, 0.1) is 0 Å². The lowest BCUT2D eigenvalue weighted by molar-refractivity contribution is 0.0690. The highest BCUT2D eigenvalue weighted by Gasteiger charge is 2.16. The molecule has 0 atom stereocenters. The monoisotopic (exact) mass is 263 g/mol. The number of nitrogens with zero attached hydrogens (tertiary/aromatic N) is 2. The lowest BCUT2D eigenvalue weighted by atomic mass is 10.2. The van der Waals surface area contributed by atoms with E-state index in [1.807, 2.05) is 0 Å². The first-order valence-electron chi connectivity index (χ1n) is 6.42. The number of nitrogens with one attached hydrogen (secondary N) is 1. The number of pyridine rings is 1. The molecule has 0 spiro atoms. The maximum atomic E-state index is 12.0. The first-order chi connectivity index (χ1) is 9.16. The Balaban J connectivity index is 2.01. The molecule has 0 aliphatic carbocycles. The largest absolute Gasteiger partial charge is 0.477 e. The fourth-order valence-electron chi connectivity index (χ4n) is 2.10. The van der Waals surface area contributed by atoms with Crippen LogP contribution in [0.4, 0.5) is 10.5 Å². The minimum absolute atomic E-state index is 0.0753. The average molecular weight is 263 g/mol. The molecule has 102 valence electrons. The predicted molar refractivity (Wildman–Crippen MR) is 70.3 cm³/mol. The van der Waals surface area contributed by atoms with Gasteiger partial charge in [-0.25, -0.2) is 14.6 Å². The van der Waals surface area contributed by atoms with Crippen molar-refractivity contribution in [3.8, 4) is 0 Å². The number of carbonyl (C=O) groups excluding carboxylic acids is 1. The Morgan fingerprint density at radius 1 is 1.21 bits per heavy atom. The summed E-state index contributed by atoms with van der Waals surface area (Å²) in [7, 11) is 0. The molecule has 1 aliphatic rings. The van der Waals surface area contributed by atoms with Crippen molar-refractivity contribution < 1.29 is 14.7 Å². The summed E-state index contributed by atoms with van der Waals surface area (Å²) < 4.78 is 0. The van der Waals surface area contributed by atoms with Gasteiger partial charge < -0.3 is 15.3 Å². The van der Waals surface area contributed by atoms with Gasteiger partial charge in [-0.3, -0.25) is 0 Å². The van der Waals surface area contributed by atoms with E-state index in [2.05, 4.69) is 10.3 Å². The zero-order valence-corrected chi connectivity index (χ0v) is 10.6. The number of aromatic nitrogens is 1. The summed E-state index contributed by atoms with van der Waals surface area (Å²) in [4.78, 5) is 28.3. The van der Waals surface area contributed by atoms with Crippen molar-refractivity contribution in [2.24, 2.45) is 0 Å². The molecule has 2 N–H and O–H groups in total. The Labute approximate surface area is 111 Å². The van der Waals surface area contributed by atoms with E-state index < -0.39 is 5.97 Å². The SMILES string of the molecule is O=C(O)c1cc(NC(=O)N2CCCCCC2)ccn1. The van der Waals surface area contributed by atoms with Crippen molar-refractivity contribution >= 4 is 17.7 Å². The molecule has 1 aromatic rings. The van der Waals surface area contributed by atoms with Gasteiger partial charge >= 0.3 is 12.0 Å². The van der Waals surface area contributed by atoms with Crippen LogP contribution in [0.25, 0.3) is 0 Å². The molecule has 19 heavy (non-hydrogen) atoms. The van der Waals surface area contributed by atoms with Crippen LogP contribution in [0.2, 0.25) is 0 Å². The molecule has 0 saturated carbocycles. The highest BCUT2D eigenvalue weighted by atomic mass is 16.4. The summed E-state index contributed by atoms with van der Waals surface area (Å²) in [5.74, 6) is -1.11. The van der Waals surface area contributed by atoms with Gasteiger partial charge in [-0.1, -0.05) is 12.8 Å². The molecule has 1 aliphatic heterocycles. The number of likely N-dealkylation sites (tertiary alicyclic amines) is 1. The minimum Gasteiger partial charge on any atom is -0.477 e. The molecular formula is C13H17N3O3. The van der Waals surface area contributed by atoms with Crippen LogP contribution in [-0.2, 0) is 0 Å². The fourth-order valence-corrected chi connectivity index (χ4v) is 2.10. The molecule has 0 aromatic carbocycles. The zero-order chi connectivity index (χ0) is 13.7. The average Bonchev–Trinajstić information content (AvgIpc) is 2.68. The Morgan fingerprint density at radius 3 is 2.53 bits per heavy atom. The van der Waals surface area contributed by atoms with Crippen LogP contribution in [0.3, 0.4) is 0 Å². The van der Waals surface area contributed by atoms with E-state index in [0.717, 1.165) is 38.8 Å². The molecule has 1 fully saturated rings. The van der Waals surface area contributed by atoms with Crippen molar-refractivity contribution in [1.82, 2.24) is 9.88 Å². The number of carboxylic acid groups (broad SMARTS) is 1.